The monoisotopic (exact) mass is 909 g/mol. The lowest BCUT2D eigenvalue weighted by Crippen LogP contribution is -2.64. The molecule has 2 saturated heterocycles. The molecule has 5 rings (SSSR count). The van der Waals surface area contributed by atoms with Crippen LogP contribution < -0.4 is 10.1 Å². The highest BCUT2D eigenvalue weighted by Crippen LogP contribution is 2.39. The Morgan fingerprint density at radius 1 is 0.954 bits per heavy atom. The fraction of sp³-hybridized carbons (Fsp3) is 0.731. The second kappa shape index (κ2) is 24.0. The number of hydrogen-bond donors (Lipinski definition) is 3. The molecule has 13 nitrogen and oxygen atoms in total. The van der Waals surface area contributed by atoms with Crippen LogP contribution >= 0.6 is 0 Å². The number of carbonyl (C=O) groups excluding carboxylic acids is 4. The van der Waals surface area contributed by atoms with Crippen molar-refractivity contribution in [2.24, 2.45) is 29.6 Å². The summed E-state index contributed by atoms with van der Waals surface area (Å²) in [4.78, 5) is 58.6. The van der Waals surface area contributed by atoms with Gasteiger partial charge in [0.25, 0.3) is 11.7 Å². The number of methoxy groups -OCH3 is 2. The van der Waals surface area contributed by atoms with Crippen molar-refractivity contribution in [3.05, 3.63) is 53.1 Å². The van der Waals surface area contributed by atoms with Crippen molar-refractivity contribution in [2.75, 3.05) is 27.3 Å². The molecule has 1 saturated carbocycles. The maximum Gasteiger partial charge on any atom is 0.329 e. The van der Waals surface area contributed by atoms with E-state index >= 15 is 0 Å². The van der Waals surface area contributed by atoms with Gasteiger partial charge in [0.15, 0.2) is 0 Å². The molecule has 3 heterocycles. The van der Waals surface area contributed by atoms with E-state index in [0.29, 0.717) is 64.3 Å². The smallest absolute Gasteiger partial charge is 0.329 e. The number of allylic oxidation sites excluding steroid dienone is 3. The van der Waals surface area contributed by atoms with E-state index in [-0.39, 0.29) is 54.6 Å². The van der Waals surface area contributed by atoms with E-state index in [0.717, 1.165) is 35.3 Å². The quantitative estimate of drug-likeness (QED) is 0.123. The number of nitrogens with zero attached hydrogens (tertiary/aromatic N) is 1. The van der Waals surface area contributed by atoms with Crippen LogP contribution in [-0.2, 0) is 38.1 Å². The second-order valence-electron chi connectivity index (χ2n) is 20.0. The molecule has 65 heavy (non-hydrogen) atoms. The van der Waals surface area contributed by atoms with Crippen molar-refractivity contribution < 1.29 is 53.1 Å². The van der Waals surface area contributed by atoms with Gasteiger partial charge in [-0.05, 0) is 134 Å². The Kier molecular flexibility index (Phi) is 19.4. The van der Waals surface area contributed by atoms with Gasteiger partial charge in [-0.2, -0.15) is 0 Å². The fourth-order valence-corrected chi connectivity index (χ4v) is 10.6. The number of carbonyl (C=O) groups is 4. The van der Waals surface area contributed by atoms with Crippen LogP contribution in [0.3, 0.4) is 0 Å². The van der Waals surface area contributed by atoms with Crippen molar-refractivity contribution in [2.45, 2.75) is 187 Å². The van der Waals surface area contributed by atoms with Crippen LogP contribution in [-0.4, -0.2) is 120 Å². The van der Waals surface area contributed by atoms with Crippen molar-refractivity contribution in [3.8, 4) is 5.75 Å². The van der Waals surface area contributed by atoms with Crippen LogP contribution in [0.5, 0.6) is 5.75 Å². The number of aliphatic hydroxyl groups is 2. The number of ketones is 2. The van der Waals surface area contributed by atoms with Crippen LogP contribution in [0.15, 0.2) is 47.6 Å². The molecule has 364 valence electrons. The highest BCUT2D eigenvalue weighted by atomic mass is 16.7. The molecule has 3 aliphatic heterocycles. The number of amides is 1. The van der Waals surface area contributed by atoms with E-state index in [1.807, 2.05) is 58.9 Å². The number of piperidine rings is 1. The standard InChI is InChI=1S/C52H80N2O11/c1-11-39-25-32(3)24-33(4)26-45(61-9)48-46(62-10)28-36(7)52(60,65-48)49(57)50(58)54-23-13-12-14-42(54)51(59)64-47(34(5)17-22-43(39)56)35(6)27-38-18-21-41(53-30-37(8)55)44(29-38)63-40-19-15-31(2)16-20-40/h15-16,19-20,25,27,33-34,36-39,41-42,44-48,53,55,60H,11-14,17-18,21-24,26,28-30H2,1-10H3/b32-25+,35-27?/t33?,34?,36?,37-,38?,39?,41?,42?,44?,45?,46?,47?,48?,52?/m1/s1. The van der Waals surface area contributed by atoms with E-state index in [2.05, 4.69) is 24.4 Å². The van der Waals surface area contributed by atoms with Crippen LogP contribution in [0.25, 0.3) is 0 Å². The molecule has 0 aromatic heterocycles. The highest BCUT2D eigenvalue weighted by molar-refractivity contribution is 6.39. The number of hydrogen-bond acceptors (Lipinski definition) is 12. The molecular weight excluding hydrogens is 829 g/mol. The maximum atomic E-state index is 14.6. The Balaban J connectivity index is 1.48. The molecule has 14 atom stereocenters. The summed E-state index contributed by atoms with van der Waals surface area (Å²) in [6.07, 6.45) is 7.57. The molecular formula is C52H80N2O11. The first-order chi connectivity index (χ1) is 30.9. The Bertz CT molecular complexity index is 1810. The maximum absolute atomic E-state index is 14.6. The molecule has 1 amide bonds. The number of esters is 1. The largest absolute Gasteiger partial charge is 0.489 e. The number of Topliss-reactive ketones (excluding diaryl/α,β-unsaturated/α-hetero) is 2. The Morgan fingerprint density at radius 3 is 2.31 bits per heavy atom. The number of cyclic esters (lactones) is 1. The predicted octanol–water partition coefficient (Wildman–Crippen LogP) is 7.22. The Morgan fingerprint density at radius 2 is 1.65 bits per heavy atom. The minimum Gasteiger partial charge on any atom is -0.489 e. The topological polar surface area (TPSA) is 170 Å². The van der Waals surface area contributed by atoms with Gasteiger partial charge in [-0.1, -0.05) is 63.1 Å². The van der Waals surface area contributed by atoms with Crippen LogP contribution in [0.4, 0.5) is 0 Å². The number of aliphatic hydroxyl groups excluding tert-OH is 1. The van der Waals surface area contributed by atoms with Gasteiger partial charge in [-0.3, -0.25) is 14.4 Å². The summed E-state index contributed by atoms with van der Waals surface area (Å²) in [6, 6.07) is 6.95. The molecule has 3 N–H and O–H groups in total. The molecule has 13 unspecified atom stereocenters. The Hall–Kier alpha value is -3.46. The first-order valence-corrected chi connectivity index (χ1v) is 24.4. The highest BCUT2D eigenvalue weighted by Gasteiger charge is 2.56. The zero-order valence-corrected chi connectivity index (χ0v) is 40.9. The van der Waals surface area contributed by atoms with E-state index in [9.17, 15) is 29.4 Å². The zero-order valence-electron chi connectivity index (χ0n) is 40.9. The van der Waals surface area contributed by atoms with Gasteiger partial charge < -0.3 is 44.1 Å². The van der Waals surface area contributed by atoms with Gasteiger partial charge in [-0.15, -0.1) is 0 Å². The molecule has 1 aromatic rings. The van der Waals surface area contributed by atoms with E-state index < -0.39 is 65.9 Å². The van der Waals surface area contributed by atoms with Crippen molar-refractivity contribution in [1.82, 2.24) is 10.2 Å². The van der Waals surface area contributed by atoms with E-state index in [4.69, 9.17) is 23.7 Å². The van der Waals surface area contributed by atoms with Gasteiger partial charge in [0.1, 0.15) is 35.9 Å². The molecule has 3 fully saturated rings. The van der Waals surface area contributed by atoms with E-state index in [1.54, 1.807) is 28.1 Å². The molecule has 1 aliphatic carbocycles. The molecule has 0 radical (unpaired) electrons. The van der Waals surface area contributed by atoms with Gasteiger partial charge in [-0.25, -0.2) is 4.79 Å². The number of fused-ring (bicyclic) bond motifs is 3. The summed E-state index contributed by atoms with van der Waals surface area (Å²) in [5.41, 5.74) is 3.06. The molecule has 2 bridgehead atoms. The van der Waals surface area contributed by atoms with Crippen LogP contribution in [0.1, 0.15) is 131 Å². The first-order valence-electron chi connectivity index (χ1n) is 24.4. The van der Waals surface area contributed by atoms with Gasteiger partial charge in [0.05, 0.1) is 18.3 Å². The minimum absolute atomic E-state index is 0.0199. The van der Waals surface area contributed by atoms with Gasteiger partial charge in [0.2, 0.25) is 5.79 Å². The third-order valence-electron chi connectivity index (χ3n) is 14.5. The summed E-state index contributed by atoms with van der Waals surface area (Å²) >= 11 is 0. The number of nitrogens with one attached hydrogen (secondary N) is 1. The van der Waals surface area contributed by atoms with Crippen LogP contribution in [0.2, 0.25) is 0 Å². The summed E-state index contributed by atoms with van der Waals surface area (Å²) in [5, 5.41) is 25.7. The fourth-order valence-electron chi connectivity index (χ4n) is 10.6. The summed E-state index contributed by atoms with van der Waals surface area (Å²) in [7, 11) is 3.11. The normalized spacial score (nSPS) is 36.7. The molecule has 1 aromatic carbocycles. The molecule has 0 spiro atoms. The average Bonchev–Trinajstić information content (AvgIpc) is 3.28. The van der Waals surface area contributed by atoms with Gasteiger partial charge in [0, 0.05) is 51.6 Å². The lowest BCUT2D eigenvalue weighted by Gasteiger charge is -2.47. The minimum atomic E-state index is -2.48. The lowest BCUT2D eigenvalue weighted by molar-refractivity contribution is -0.302. The summed E-state index contributed by atoms with van der Waals surface area (Å²) in [6.45, 7) is 16.2. The summed E-state index contributed by atoms with van der Waals surface area (Å²) in [5.74, 6) is -5.49. The summed E-state index contributed by atoms with van der Waals surface area (Å²) < 4.78 is 31.2. The molecule has 4 aliphatic rings. The number of benzene rings is 1. The number of rotatable bonds is 10. The third-order valence-corrected chi connectivity index (χ3v) is 14.5. The average molecular weight is 909 g/mol. The van der Waals surface area contributed by atoms with E-state index in [1.165, 1.54) is 4.90 Å². The van der Waals surface area contributed by atoms with Crippen LogP contribution in [0, 0.1) is 36.5 Å². The van der Waals surface area contributed by atoms with Crippen molar-refractivity contribution in [3.63, 3.8) is 0 Å². The van der Waals surface area contributed by atoms with Crippen molar-refractivity contribution in [1.29, 1.82) is 0 Å². The number of aryl methyl sites for hydroxylation is 1. The molecule has 13 heteroatoms. The predicted molar refractivity (Wildman–Crippen MR) is 249 cm³/mol. The first kappa shape index (κ1) is 52.5. The lowest BCUT2D eigenvalue weighted by atomic mass is 9.81. The van der Waals surface area contributed by atoms with Gasteiger partial charge >= 0.3 is 5.97 Å². The SMILES string of the molecule is CCC1/C=C(\C)CC(C)CC(OC)C2OC(O)(C(=O)C(=O)N3CCCCC3C(=O)OC(C(C)=CC3CCC(NC[C@@H](C)O)C(Oc4ccc(C)cc4)C3)C(C)CCC1=O)C(C)CC2OC. The third kappa shape index (κ3) is 13.6. The number of ether oxygens (including phenoxy) is 5. The second-order valence-corrected chi connectivity index (χ2v) is 20.0. The Labute approximate surface area is 388 Å². The van der Waals surface area contributed by atoms with Crippen molar-refractivity contribution >= 4 is 23.4 Å². The zero-order chi connectivity index (χ0) is 47.6.